The largest absolute Gasteiger partial charge is 0.290 e. The summed E-state index contributed by atoms with van der Waals surface area (Å²) in [5, 5.41) is 0. The van der Waals surface area contributed by atoms with Crippen LogP contribution in [0.1, 0.15) is 40.5 Å². The molecule has 1 amide bonds. The molecule has 0 saturated carbocycles. The summed E-state index contributed by atoms with van der Waals surface area (Å²) in [6, 6.07) is 0. The van der Waals surface area contributed by atoms with Crippen LogP contribution in [0.5, 0.6) is 0 Å². The molecule has 0 aliphatic carbocycles. The number of carbonyl (C=O) groups is 1. The molecule has 0 aromatic carbocycles. The van der Waals surface area contributed by atoms with E-state index < -0.39 is 0 Å². The van der Waals surface area contributed by atoms with Gasteiger partial charge in [0, 0.05) is 19.7 Å². The van der Waals surface area contributed by atoms with E-state index in [1.807, 2.05) is 0 Å². The fraction of sp³-hybridized carbons (Fsp3) is 0.889. The van der Waals surface area contributed by atoms with E-state index in [-0.39, 0.29) is 5.91 Å². The zero-order chi connectivity index (χ0) is 9.98. The van der Waals surface area contributed by atoms with Crippen molar-refractivity contribution in [3.63, 3.8) is 0 Å². The molecule has 0 N–H and O–H groups in total. The van der Waals surface area contributed by atoms with E-state index in [4.69, 9.17) is 0 Å². The minimum atomic E-state index is 0.119. The Labute approximate surface area is 80.8 Å². The third-order valence-electron chi connectivity index (χ3n) is 0.933. The van der Waals surface area contributed by atoms with Gasteiger partial charge in [-0.25, -0.2) is 0 Å². The van der Waals surface area contributed by atoms with Crippen LogP contribution in [0.2, 0.25) is 0 Å². The maximum absolute atomic E-state index is 10.6. The Hall–Kier alpha value is -0.180. The first-order valence-corrected chi connectivity index (χ1v) is 5.41. The standard InChI is InChI=1S/C6H13NOS.C3H8/c1-4-5-9-7(3)6(2)8;1-3-2/h4-5H2,1-3H3;3H2,1-2H3. The van der Waals surface area contributed by atoms with Gasteiger partial charge in [0.1, 0.15) is 0 Å². The van der Waals surface area contributed by atoms with Gasteiger partial charge >= 0.3 is 0 Å². The predicted molar refractivity (Wildman–Crippen MR) is 57.2 cm³/mol. The highest BCUT2D eigenvalue weighted by Gasteiger charge is 1.99. The normalized spacial score (nSPS) is 8.42. The SMILES string of the molecule is CCC.CCCSN(C)C(C)=O. The molecule has 0 saturated heterocycles. The fourth-order valence-corrected chi connectivity index (χ4v) is 0.957. The molecule has 0 spiro atoms. The summed E-state index contributed by atoms with van der Waals surface area (Å²) >= 11 is 1.57. The van der Waals surface area contributed by atoms with Crippen LogP contribution in [0, 0.1) is 0 Å². The second kappa shape index (κ2) is 10.8. The lowest BCUT2D eigenvalue weighted by Gasteiger charge is -2.11. The molecule has 0 unspecified atom stereocenters. The molecule has 0 aliphatic rings. The predicted octanol–water partition coefficient (Wildman–Crippen LogP) is 2.94. The fourth-order valence-electron chi connectivity index (χ4n) is 0.319. The zero-order valence-electron chi connectivity index (χ0n) is 8.89. The second-order valence-corrected chi connectivity index (χ2v) is 3.77. The summed E-state index contributed by atoms with van der Waals surface area (Å²) < 4.78 is 1.66. The van der Waals surface area contributed by atoms with Crippen LogP contribution in [0.25, 0.3) is 0 Å². The summed E-state index contributed by atoms with van der Waals surface area (Å²) in [5.41, 5.74) is 0. The van der Waals surface area contributed by atoms with Gasteiger partial charge in [0.2, 0.25) is 5.91 Å². The van der Waals surface area contributed by atoms with Crippen LogP contribution in [0.3, 0.4) is 0 Å². The van der Waals surface area contributed by atoms with Crippen molar-refractivity contribution >= 4 is 17.9 Å². The highest BCUT2D eigenvalue weighted by molar-refractivity contribution is 7.97. The second-order valence-electron chi connectivity index (χ2n) is 2.56. The highest BCUT2D eigenvalue weighted by Crippen LogP contribution is 2.06. The summed E-state index contributed by atoms with van der Waals surface area (Å²) in [6.07, 6.45) is 2.36. The number of nitrogens with zero attached hydrogens (tertiary/aromatic N) is 1. The van der Waals surface area contributed by atoms with E-state index in [2.05, 4.69) is 20.8 Å². The van der Waals surface area contributed by atoms with Crippen molar-refractivity contribution in [2.24, 2.45) is 0 Å². The Kier molecular flexibility index (Phi) is 12.9. The Bertz CT molecular complexity index is 107. The third kappa shape index (κ3) is 12.5. The lowest BCUT2D eigenvalue weighted by Crippen LogP contribution is -2.15. The van der Waals surface area contributed by atoms with E-state index in [0.717, 1.165) is 12.2 Å². The van der Waals surface area contributed by atoms with Crippen molar-refractivity contribution in [2.45, 2.75) is 40.5 Å². The first-order valence-electron chi connectivity index (χ1n) is 4.47. The Morgan fingerprint density at radius 2 is 1.75 bits per heavy atom. The molecule has 0 bridgehead atoms. The van der Waals surface area contributed by atoms with Crippen molar-refractivity contribution in [1.82, 2.24) is 4.31 Å². The smallest absolute Gasteiger partial charge is 0.229 e. The van der Waals surface area contributed by atoms with Crippen molar-refractivity contribution < 1.29 is 4.79 Å². The molecule has 2 nitrogen and oxygen atoms in total. The van der Waals surface area contributed by atoms with Gasteiger partial charge in [0.25, 0.3) is 0 Å². The first-order chi connectivity index (χ1) is 5.59. The summed E-state index contributed by atoms with van der Waals surface area (Å²) in [5.74, 6) is 1.14. The van der Waals surface area contributed by atoms with Gasteiger partial charge < -0.3 is 0 Å². The van der Waals surface area contributed by atoms with E-state index in [1.165, 1.54) is 6.42 Å². The first kappa shape index (κ1) is 14.3. The minimum Gasteiger partial charge on any atom is -0.290 e. The number of hydrogen-bond donors (Lipinski definition) is 0. The molecule has 0 atom stereocenters. The molecule has 74 valence electrons. The van der Waals surface area contributed by atoms with E-state index in [0.29, 0.717) is 0 Å². The van der Waals surface area contributed by atoms with Crippen LogP contribution in [-0.2, 0) is 4.79 Å². The number of rotatable bonds is 3. The molecule has 0 aromatic rings. The molecular formula is C9H21NOS. The molecule has 0 rings (SSSR count). The summed E-state index contributed by atoms with van der Waals surface area (Å²) in [6.45, 7) is 7.92. The molecular weight excluding hydrogens is 170 g/mol. The molecule has 0 aliphatic heterocycles. The van der Waals surface area contributed by atoms with Crippen molar-refractivity contribution in [3.05, 3.63) is 0 Å². The Morgan fingerprint density at radius 3 is 2.00 bits per heavy atom. The molecule has 0 heterocycles. The number of amides is 1. The van der Waals surface area contributed by atoms with Crippen LogP contribution >= 0.6 is 11.9 Å². The van der Waals surface area contributed by atoms with Gasteiger partial charge in [-0.3, -0.25) is 9.10 Å². The highest BCUT2D eigenvalue weighted by atomic mass is 32.2. The maximum Gasteiger partial charge on any atom is 0.229 e. The van der Waals surface area contributed by atoms with Gasteiger partial charge in [0.15, 0.2) is 0 Å². The molecule has 0 radical (unpaired) electrons. The lowest BCUT2D eigenvalue weighted by atomic mass is 10.6. The molecule has 12 heavy (non-hydrogen) atoms. The Morgan fingerprint density at radius 1 is 1.33 bits per heavy atom. The summed E-state index contributed by atoms with van der Waals surface area (Å²) in [7, 11) is 1.79. The van der Waals surface area contributed by atoms with E-state index in [9.17, 15) is 4.79 Å². The zero-order valence-corrected chi connectivity index (χ0v) is 9.70. The monoisotopic (exact) mass is 191 g/mol. The molecule has 3 heteroatoms. The molecule has 0 aromatic heterocycles. The van der Waals surface area contributed by atoms with Gasteiger partial charge in [-0.2, -0.15) is 0 Å². The Balaban J connectivity index is 0. The summed E-state index contributed by atoms with van der Waals surface area (Å²) in [4.78, 5) is 10.6. The van der Waals surface area contributed by atoms with Crippen LogP contribution < -0.4 is 0 Å². The quantitative estimate of drug-likeness (QED) is 0.639. The van der Waals surface area contributed by atoms with Gasteiger partial charge in [-0.15, -0.1) is 0 Å². The van der Waals surface area contributed by atoms with Crippen LogP contribution in [-0.4, -0.2) is 23.0 Å². The number of hydrogen-bond acceptors (Lipinski definition) is 2. The van der Waals surface area contributed by atoms with Crippen LogP contribution in [0.15, 0.2) is 0 Å². The van der Waals surface area contributed by atoms with Crippen molar-refractivity contribution in [1.29, 1.82) is 0 Å². The average Bonchev–Trinajstić information content (AvgIpc) is 2.01. The minimum absolute atomic E-state index is 0.119. The van der Waals surface area contributed by atoms with E-state index >= 15 is 0 Å². The van der Waals surface area contributed by atoms with Gasteiger partial charge in [-0.1, -0.05) is 27.2 Å². The lowest BCUT2D eigenvalue weighted by molar-refractivity contribution is -0.123. The van der Waals surface area contributed by atoms with E-state index in [1.54, 1.807) is 30.2 Å². The molecule has 0 fully saturated rings. The topological polar surface area (TPSA) is 20.3 Å². The third-order valence-corrected chi connectivity index (χ3v) is 2.17. The average molecular weight is 191 g/mol. The van der Waals surface area contributed by atoms with Gasteiger partial charge in [0.05, 0.1) is 0 Å². The van der Waals surface area contributed by atoms with Crippen molar-refractivity contribution in [3.8, 4) is 0 Å². The maximum atomic E-state index is 10.6. The van der Waals surface area contributed by atoms with Gasteiger partial charge in [-0.05, 0) is 18.4 Å². The van der Waals surface area contributed by atoms with Crippen molar-refractivity contribution in [2.75, 3.05) is 12.8 Å². The van der Waals surface area contributed by atoms with Crippen LogP contribution in [0.4, 0.5) is 0 Å². The number of carbonyl (C=O) groups excluding carboxylic acids is 1.